The molecule has 0 saturated heterocycles. The second-order valence-corrected chi connectivity index (χ2v) is 7.06. The fourth-order valence-electron chi connectivity index (χ4n) is 2.84. The van der Waals surface area contributed by atoms with E-state index in [1.807, 2.05) is 0 Å². The molecular weight excluding hydrogens is 422 g/mol. The summed E-state index contributed by atoms with van der Waals surface area (Å²) in [6.07, 6.45) is 3.18. The Hall–Kier alpha value is -4.20. The monoisotopic (exact) mass is 449 g/mol. The molecule has 3 N–H and O–H groups in total. The zero-order chi connectivity index (χ0) is 24.4. The molecule has 0 bridgehead atoms. The molecule has 0 unspecified atom stereocenters. The van der Waals surface area contributed by atoms with Crippen LogP contribution in [0.2, 0.25) is 0 Å². The van der Waals surface area contributed by atoms with E-state index in [0.717, 1.165) is 0 Å². The van der Waals surface area contributed by atoms with E-state index < -0.39 is 11.9 Å². The van der Waals surface area contributed by atoms with Crippen LogP contribution in [0.15, 0.2) is 66.8 Å². The third-order valence-corrected chi connectivity index (χ3v) is 4.50. The summed E-state index contributed by atoms with van der Waals surface area (Å²) in [5.41, 5.74) is 7.40. The molecule has 172 valence electrons. The van der Waals surface area contributed by atoms with Crippen molar-refractivity contribution in [1.29, 1.82) is 5.41 Å². The number of hydrogen-bond acceptors (Lipinski definition) is 6. The molecule has 0 saturated carbocycles. The topological polar surface area (TPSA) is 123 Å². The van der Waals surface area contributed by atoms with E-state index >= 15 is 0 Å². The predicted molar refractivity (Wildman–Crippen MR) is 126 cm³/mol. The fraction of sp³-hybridized carbons (Fsp3) is 0.200. The summed E-state index contributed by atoms with van der Waals surface area (Å²) in [6, 6.07) is 12.9. The Balaban J connectivity index is 2.07. The normalized spacial score (nSPS) is 10.8. The van der Waals surface area contributed by atoms with E-state index in [4.69, 9.17) is 20.6 Å². The minimum Gasteiger partial charge on any atom is -0.465 e. The average molecular weight is 450 g/mol. The Kier molecular flexibility index (Phi) is 9.11. The molecule has 0 aliphatic rings. The number of esters is 2. The molecule has 33 heavy (non-hydrogen) atoms. The molecule has 0 fully saturated rings. The summed E-state index contributed by atoms with van der Waals surface area (Å²) < 4.78 is 10.2. The van der Waals surface area contributed by atoms with E-state index in [9.17, 15) is 14.4 Å². The zero-order valence-corrected chi connectivity index (χ0v) is 18.7. The number of nitrogens with zero attached hydrogens (tertiary/aromatic N) is 1. The molecule has 0 heterocycles. The van der Waals surface area contributed by atoms with Crippen molar-refractivity contribution in [3.8, 4) is 5.75 Å². The molecule has 0 radical (unpaired) electrons. The van der Waals surface area contributed by atoms with Crippen molar-refractivity contribution in [3.63, 3.8) is 0 Å². The van der Waals surface area contributed by atoms with Crippen molar-refractivity contribution in [3.05, 3.63) is 83.4 Å². The molecule has 0 aromatic heterocycles. The van der Waals surface area contributed by atoms with Gasteiger partial charge in [0.25, 0.3) is 5.91 Å². The molecule has 0 spiro atoms. The summed E-state index contributed by atoms with van der Waals surface area (Å²) >= 11 is 0. The highest BCUT2D eigenvalue weighted by Crippen LogP contribution is 2.16. The number of amides is 1. The minimum absolute atomic E-state index is 0.0700. The number of hydrogen-bond donors (Lipinski definition) is 2. The molecule has 2 aromatic rings. The minimum atomic E-state index is -0.530. The standard InChI is InChI=1S/C25H27N3O5/c1-4-14-28(16-22(29)32-5-2)24(30)20-8-6-18(7-9-20)15-17(3)25(31)33-21-12-10-19(11-13-21)23(26)27/h4,6-13,15H,1,5,14,16H2,2-3H3,(H3,26,27)/b17-15+. The Morgan fingerprint density at radius 2 is 1.67 bits per heavy atom. The number of benzene rings is 2. The van der Waals surface area contributed by atoms with E-state index in [1.54, 1.807) is 68.5 Å². The quantitative estimate of drug-likeness (QED) is 0.143. The highest BCUT2D eigenvalue weighted by Gasteiger charge is 2.18. The van der Waals surface area contributed by atoms with Crippen LogP contribution in [0.25, 0.3) is 6.08 Å². The van der Waals surface area contributed by atoms with Crippen LogP contribution >= 0.6 is 0 Å². The average Bonchev–Trinajstić information content (AvgIpc) is 2.79. The third kappa shape index (κ3) is 7.46. The van der Waals surface area contributed by atoms with Gasteiger partial charge >= 0.3 is 11.9 Å². The van der Waals surface area contributed by atoms with Crippen molar-refractivity contribution >= 4 is 29.8 Å². The highest BCUT2D eigenvalue weighted by atomic mass is 16.5. The maximum Gasteiger partial charge on any atom is 0.339 e. The highest BCUT2D eigenvalue weighted by molar-refractivity contribution is 5.97. The van der Waals surface area contributed by atoms with E-state index in [2.05, 4.69) is 6.58 Å². The number of ether oxygens (including phenoxy) is 2. The first-order chi connectivity index (χ1) is 15.7. The molecule has 8 heteroatoms. The lowest BCUT2D eigenvalue weighted by Gasteiger charge is -2.20. The van der Waals surface area contributed by atoms with Gasteiger partial charge in [0.05, 0.1) is 6.61 Å². The maximum atomic E-state index is 12.7. The van der Waals surface area contributed by atoms with Crippen molar-refractivity contribution in [2.45, 2.75) is 13.8 Å². The maximum absolute atomic E-state index is 12.7. The van der Waals surface area contributed by atoms with Crippen LogP contribution in [0, 0.1) is 5.41 Å². The van der Waals surface area contributed by atoms with Gasteiger partial charge in [0, 0.05) is 23.2 Å². The number of amidine groups is 1. The van der Waals surface area contributed by atoms with Crippen LogP contribution < -0.4 is 10.5 Å². The van der Waals surface area contributed by atoms with Crippen LogP contribution in [0.3, 0.4) is 0 Å². The van der Waals surface area contributed by atoms with Crippen molar-refractivity contribution < 1.29 is 23.9 Å². The second-order valence-electron chi connectivity index (χ2n) is 7.06. The number of carbonyl (C=O) groups excluding carboxylic acids is 3. The number of nitrogens with one attached hydrogen (secondary N) is 1. The van der Waals surface area contributed by atoms with Gasteiger partial charge in [-0.25, -0.2) is 4.79 Å². The number of carbonyl (C=O) groups is 3. The van der Waals surface area contributed by atoms with E-state index in [1.165, 1.54) is 11.0 Å². The first-order valence-electron chi connectivity index (χ1n) is 10.3. The third-order valence-electron chi connectivity index (χ3n) is 4.50. The van der Waals surface area contributed by atoms with Crippen LogP contribution in [-0.2, 0) is 14.3 Å². The van der Waals surface area contributed by atoms with Gasteiger partial charge in [-0.2, -0.15) is 0 Å². The fourth-order valence-corrected chi connectivity index (χ4v) is 2.84. The van der Waals surface area contributed by atoms with Crippen LogP contribution in [0.5, 0.6) is 5.75 Å². The van der Waals surface area contributed by atoms with Crippen molar-refractivity contribution in [2.24, 2.45) is 5.73 Å². The molecule has 2 rings (SSSR count). The summed E-state index contributed by atoms with van der Waals surface area (Å²) in [7, 11) is 0. The van der Waals surface area contributed by atoms with Crippen LogP contribution in [0.1, 0.15) is 35.3 Å². The number of rotatable bonds is 10. The lowest BCUT2D eigenvalue weighted by atomic mass is 10.1. The smallest absolute Gasteiger partial charge is 0.339 e. The van der Waals surface area contributed by atoms with Crippen LogP contribution in [0.4, 0.5) is 0 Å². The zero-order valence-electron chi connectivity index (χ0n) is 18.7. The Morgan fingerprint density at radius 1 is 1.06 bits per heavy atom. The molecule has 1 amide bonds. The van der Waals surface area contributed by atoms with Gasteiger partial charge in [-0.1, -0.05) is 18.2 Å². The van der Waals surface area contributed by atoms with Gasteiger partial charge in [-0.05, 0) is 61.9 Å². The summed E-state index contributed by atoms with van der Waals surface area (Å²) in [5.74, 6) is -1.08. The number of nitrogen functional groups attached to an aromatic ring is 1. The van der Waals surface area contributed by atoms with Crippen molar-refractivity contribution in [2.75, 3.05) is 19.7 Å². The number of nitrogens with two attached hydrogens (primary N) is 1. The van der Waals surface area contributed by atoms with Gasteiger partial charge in [-0.3, -0.25) is 15.0 Å². The molecule has 8 nitrogen and oxygen atoms in total. The van der Waals surface area contributed by atoms with Gasteiger partial charge in [0.1, 0.15) is 18.1 Å². The predicted octanol–water partition coefficient (Wildman–Crippen LogP) is 3.17. The van der Waals surface area contributed by atoms with Crippen molar-refractivity contribution in [1.82, 2.24) is 4.90 Å². The Morgan fingerprint density at radius 3 is 2.21 bits per heavy atom. The van der Waals surface area contributed by atoms with Gasteiger partial charge in [0.2, 0.25) is 0 Å². The molecule has 0 aliphatic heterocycles. The summed E-state index contributed by atoms with van der Waals surface area (Å²) in [4.78, 5) is 38.2. The summed E-state index contributed by atoms with van der Waals surface area (Å²) in [5, 5.41) is 7.39. The molecular formula is C25H27N3O5. The molecule has 0 aliphatic carbocycles. The van der Waals surface area contributed by atoms with Gasteiger partial charge < -0.3 is 20.1 Å². The van der Waals surface area contributed by atoms with E-state index in [-0.39, 0.29) is 31.4 Å². The first-order valence-corrected chi connectivity index (χ1v) is 10.3. The second kappa shape index (κ2) is 12.0. The largest absolute Gasteiger partial charge is 0.465 e. The van der Waals surface area contributed by atoms with Gasteiger partial charge in [-0.15, -0.1) is 6.58 Å². The Bertz CT molecular complexity index is 1060. The van der Waals surface area contributed by atoms with E-state index in [0.29, 0.717) is 28.0 Å². The SMILES string of the molecule is C=CCN(CC(=O)OCC)C(=O)c1ccc(/C=C(\C)C(=O)Oc2ccc(C(=N)N)cc2)cc1. The van der Waals surface area contributed by atoms with Gasteiger partial charge in [0.15, 0.2) is 0 Å². The molecule has 2 aromatic carbocycles. The lowest BCUT2D eigenvalue weighted by Crippen LogP contribution is -2.36. The lowest BCUT2D eigenvalue weighted by molar-refractivity contribution is -0.143. The van der Waals surface area contributed by atoms with Crippen LogP contribution in [-0.4, -0.2) is 48.3 Å². The first kappa shape index (κ1) is 25.1. The summed E-state index contributed by atoms with van der Waals surface area (Å²) in [6.45, 7) is 7.22. The molecule has 0 atom stereocenters. The Labute approximate surface area is 192 Å².